The van der Waals surface area contributed by atoms with Gasteiger partial charge >= 0.3 is 6.09 Å². The van der Waals surface area contributed by atoms with E-state index in [0.717, 1.165) is 26.1 Å². The fourth-order valence-electron chi connectivity index (χ4n) is 2.52. The van der Waals surface area contributed by atoms with Crippen LogP contribution in [-0.2, 0) is 4.74 Å². The number of amides is 1. The molecule has 2 aliphatic rings. The lowest BCUT2D eigenvalue weighted by molar-refractivity contribution is 0.0288. The molecule has 0 spiro atoms. The van der Waals surface area contributed by atoms with Crippen LogP contribution in [-0.4, -0.2) is 53.8 Å². The molecule has 1 N–H and O–H groups in total. The summed E-state index contributed by atoms with van der Waals surface area (Å²) in [6.07, 6.45) is 2.21. The summed E-state index contributed by atoms with van der Waals surface area (Å²) in [5.74, 6) is 3.10. The second kappa shape index (κ2) is 6.35. The molecule has 2 fully saturated rings. The normalized spacial score (nSPS) is 27.8. The van der Waals surface area contributed by atoms with E-state index in [4.69, 9.17) is 4.74 Å². The Labute approximate surface area is 120 Å². The molecule has 2 atom stereocenters. The highest BCUT2D eigenvalue weighted by molar-refractivity contribution is 7.99. The molecule has 5 heteroatoms. The van der Waals surface area contributed by atoms with E-state index in [-0.39, 0.29) is 6.09 Å². The van der Waals surface area contributed by atoms with Crippen molar-refractivity contribution in [3.8, 4) is 0 Å². The molecular weight excluding hydrogens is 260 g/mol. The van der Waals surface area contributed by atoms with Crippen LogP contribution in [0.5, 0.6) is 0 Å². The predicted octanol–water partition coefficient (Wildman–Crippen LogP) is 2.34. The van der Waals surface area contributed by atoms with Gasteiger partial charge in [-0.05, 0) is 45.3 Å². The van der Waals surface area contributed by atoms with Crippen molar-refractivity contribution < 1.29 is 9.53 Å². The van der Waals surface area contributed by atoms with E-state index in [2.05, 4.69) is 5.32 Å². The first-order valence-electron chi connectivity index (χ1n) is 7.23. The zero-order chi connectivity index (χ0) is 13.9. The minimum Gasteiger partial charge on any atom is -0.444 e. The molecule has 2 rings (SSSR count). The summed E-state index contributed by atoms with van der Waals surface area (Å²) in [4.78, 5) is 13.8. The smallest absolute Gasteiger partial charge is 0.410 e. The molecule has 2 aliphatic heterocycles. The highest BCUT2D eigenvalue weighted by Gasteiger charge is 2.30. The monoisotopic (exact) mass is 286 g/mol. The highest BCUT2D eigenvalue weighted by atomic mass is 32.2. The molecule has 2 saturated heterocycles. The Bertz CT molecular complexity index is 311. The Morgan fingerprint density at radius 3 is 2.84 bits per heavy atom. The van der Waals surface area contributed by atoms with Crippen LogP contribution in [0, 0.1) is 5.92 Å². The van der Waals surface area contributed by atoms with Gasteiger partial charge in [0.1, 0.15) is 5.60 Å². The van der Waals surface area contributed by atoms with E-state index in [1.807, 2.05) is 37.4 Å². The topological polar surface area (TPSA) is 41.6 Å². The van der Waals surface area contributed by atoms with E-state index in [9.17, 15) is 4.79 Å². The lowest BCUT2D eigenvalue weighted by Gasteiger charge is -2.24. The maximum Gasteiger partial charge on any atom is 0.410 e. The molecule has 19 heavy (non-hydrogen) atoms. The minimum atomic E-state index is -0.394. The summed E-state index contributed by atoms with van der Waals surface area (Å²) in [6.45, 7) is 8.44. The van der Waals surface area contributed by atoms with Crippen molar-refractivity contribution in [1.82, 2.24) is 10.2 Å². The van der Waals surface area contributed by atoms with Gasteiger partial charge in [0, 0.05) is 31.4 Å². The third-order valence-electron chi connectivity index (χ3n) is 3.56. The third-order valence-corrected chi connectivity index (χ3v) is 4.72. The molecule has 0 bridgehead atoms. The molecule has 4 nitrogen and oxygen atoms in total. The maximum atomic E-state index is 11.9. The standard InChI is InChI=1S/C14H26N2O2S/c1-14(2,3)18-13(17)16-6-4-11(9-16)8-15-12-5-7-19-10-12/h11-12,15H,4-10H2,1-3H3/t11-,12-/m0/s1. The van der Waals surface area contributed by atoms with E-state index in [0.29, 0.717) is 12.0 Å². The first-order valence-corrected chi connectivity index (χ1v) is 8.38. The zero-order valence-electron chi connectivity index (χ0n) is 12.3. The lowest BCUT2D eigenvalue weighted by atomic mass is 10.1. The average molecular weight is 286 g/mol. The molecule has 0 radical (unpaired) electrons. The molecular formula is C14H26N2O2S. The molecule has 0 aromatic carbocycles. The van der Waals surface area contributed by atoms with Crippen LogP contribution in [0.1, 0.15) is 33.6 Å². The summed E-state index contributed by atoms with van der Waals surface area (Å²) < 4.78 is 5.41. The molecule has 110 valence electrons. The fraction of sp³-hybridized carbons (Fsp3) is 0.929. The van der Waals surface area contributed by atoms with Gasteiger partial charge in [0.2, 0.25) is 0 Å². The lowest BCUT2D eigenvalue weighted by Crippen LogP contribution is -2.37. The van der Waals surface area contributed by atoms with E-state index < -0.39 is 5.60 Å². The van der Waals surface area contributed by atoms with Gasteiger partial charge in [-0.3, -0.25) is 0 Å². The van der Waals surface area contributed by atoms with Crippen molar-refractivity contribution >= 4 is 17.9 Å². The summed E-state index contributed by atoms with van der Waals surface area (Å²) in [7, 11) is 0. The largest absolute Gasteiger partial charge is 0.444 e. The first kappa shape index (κ1) is 15.0. The zero-order valence-corrected chi connectivity index (χ0v) is 13.1. The van der Waals surface area contributed by atoms with Crippen molar-refractivity contribution in [2.45, 2.75) is 45.3 Å². The minimum absolute atomic E-state index is 0.161. The van der Waals surface area contributed by atoms with Crippen molar-refractivity contribution in [1.29, 1.82) is 0 Å². The number of carbonyl (C=O) groups excluding carboxylic acids is 1. The van der Waals surface area contributed by atoms with Crippen LogP contribution in [0.15, 0.2) is 0 Å². The van der Waals surface area contributed by atoms with Crippen LogP contribution in [0.4, 0.5) is 4.79 Å². The first-order chi connectivity index (χ1) is 8.94. The Balaban J connectivity index is 1.68. The van der Waals surface area contributed by atoms with Crippen molar-refractivity contribution in [3.05, 3.63) is 0 Å². The van der Waals surface area contributed by atoms with Crippen LogP contribution in [0.2, 0.25) is 0 Å². The van der Waals surface area contributed by atoms with E-state index >= 15 is 0 Å². The Hall–Kier alpha value is -0.420. The van der Waals surface area contributed by atoms with Crippen molar-refractivity contribution in [2.75, 3.05) is 31.1 Å². The fourth-order valence-corrected chi connectivity index (χ4v) is 3.71. The second-order valence-electron chi connectivity index (χ2n) is 6.55. The molecule has 0 unspecified atom stereocenters. The number of hydrogen-bond donors (Lipinski definition) is 1. The van der Waals surface area contributed by atoms with Crippen molar-refractivity contribution in [3.63, 3.8) is 0 Å². The molecule has 0 aromatic heterocycles. The summed E-state index contributed by atoms with van der Waals surface area (Å²) in [5.41, 5.74) is -0.394. The van der Waals surface area contributed by atoms with Gasteiger partial charge in [0.15, 0.2) is 0 Å². The van der Waals surface area contributed by atoms with Crippen LogP contribution in [0.25, 0.3) is 0 Å². The van der Waals surface area contributed by atoms with Gasteiger partial charge in [-0.2, -0.15) is 11.8 Å². The Kier molecular flexibility index (Phi) is 5.01. The van der Waals surface area contributed by atoms with Crippen LogP contribution >= 0.6 is 11.8 Å². The highest BCUT2D eigenvalue weighted by Crippen LogP contribution is 2.21. The number of thioether (sulfide) groups is 1. The van der Waals surface area contributed by atoms with Crippen molar-refractivity contribution in [2.24, 2.45) is 5.92 Å². The predicted molar refractivity (Wildman–Crippen MR) is 79.6 cm³/mol. The summed E-state index contributed by atoms with van der Waals surface area (Å²) >= 11 is 2.03. The molecule has 1 amide bonds. The second-order valence-corrected chi connectivity index (χ2v) is 7.70. The summed E-state index contributed by atoms with van der Waals surface area (Å²) in [5, 5.41) is 3.63. The van der Waals surface area contributed by atoms with Gasteiger partial charge in [-0.1, -0.05) is 0 Å². The van der Waals surface area contributed by atoms with E-state index in [1.54, 1.807) is 0 Å². The SMILES string of the molecule is CC(C)(C)OC(=O)N1CC[C@@H](CN[C@H]2CCSC2)C1. The third kappa shape index (κ3) is 4.88. The van der Waals surface area contributed by atoms with Gasteiger partial charge in [-0.25, -0.2) is 4.79 Å². The Morgan fingerprint density at radius 2 is 2.21 bits per heavy atom. The number of ether oxygens (including phenoxy) is 1. The average Bonchev–Trinajstić information content (AvgIpc) is 2.96. The van der Waals surface area contributed by atoms with E-state index in [1.165, 1.54) is 17.9 Å². The number of likely N-dealkylation sites (tertiary alicyclic amines) is 1. The number of nitrogens with one attached hydrogen (secondary N) is 1. The molecule has 2 heterocycles. The van der Waals surface area contributed by atoms with Gasteiger partial charge in [0.05, 0.1) is 0 Å². The number of carbonyl (C=O) groups is 1. The van der Waals surface area contributed by atoms with Gasteiger partial charge in [-0.15, -0.1) is 0 Å². The van der Waals surface area contributed by atoms with Crippen LogP contribution in [0.3, 0.4) is 0 Å². The molecule has 0 saturated carbocycles. The summed E-state index contributed by atoms with van der Waals surface area (Å²) in [6, 6.07) is 0.681. The number of rotatable bonds is 3. The quantitative estimate of drug-likeness (QED) is 0.864. The number of hydrogen-bond acceptors (Lipinski definition) is 4. The van der Waals surface area contributed by atoms with Crippen LogP contribution < -0.4 is 5.32 Å². The molecule has 0 aliphatic carbocycles. The number of nitrogens with zero attached hydrogens (tertiary/aromatic N) is 1. The van der Waals surface area contributed by atoms with Gasteiger partial charge < -0.3 is 15.0 Å². The maximum absolute atomic E-state index is 11.9. The molecule has 0 aromatic rings. The Morgan fingerprint density at radius 1 is 1.42 bits per heavy atom. The van der Waals surface area contributed by atoms with Gasteiger partial charge in [0.25, 0.3) is 0 Å².